The smallest absolute Gasteiger partial charge is 0.237 e. The third-order valence-corrected chi connectivity index (χ3v) is 3.67. The molecule has 100 valence electrons. The van der Waals surface area contributed by atoms with E-state index in [1.165, 1.54) is 0 Å². The van der Waals surface area contributed by atoms with E-state index in [0.717, 1.165) is 12.0 Å². The van der Waals surface area contributed by atoms with E-state index < -0.39 is 6.04 Å². The molecule has 0 heterocycles. The van der Waals surface area contributed by atoms with Crippen molar-refractivity contribution in [2.24, 2.45) is 11.7 Å². The number of hydrogen-bond acceptors (Lipinski definition) is 3. The van der Waals surface area contributed by atoms with Crippen molar-refractivity contribution in [1.29, 1.82) is 0 Å². The van der Waals surface area contributed by atoms with Crippen molar-refractivity contribution in [2.75, 3.05) is 0 Å². The molecular weight excluding hydrogens is 296 g/mol. The maximum Gasteiger partial charge on any atom is 0.237 e. The highest BCUT2D eigenvalue weighted by Gasteiger charge is 2.18. The molecule has 18 heavy (non-hydrogen) atoms. The SMILES string of the molecule is CCC(C)C(N)C(=O)NCc1ccc(O)c(Br)c1. The Balaban J connectivity index is 2.54. The number of nitrogens with two attached hydrogens (primary N) is 1. The first-order valence-electron chi connectivity index (χ1n) is 5.96. The number of hydrogen-bond donors (Lipinski definition) is 3. The highest BCUT2D eigenvalue weighted by Crippen LogP contribution is 2.24. The molecule has 2 atom stereocenters. The van der Waals surface area contributed by atoms with Gasteiger partial charge in [-0.15, -0.1) is 0 Å². The van der Waals surface area contributed by atoms with Gasteiger partial charge in [0.25, 0.3) is 0 Å². The monoisotopic (exact) mass is 314 g/mol. The zero-order chi connectivity index (χ0) is 13.7. The largest absolute Gasteiger partial charge is 0.507 e. The molecule has 1 aromatic carbocycles. The van der Waals surface area contributed by atoms with Gasteiger partial charge >= 0.3 is 0 Å². The molecule has 0 radical (unpaired) electrons. The Bertz CT molecular complexity index is 423. The summed E-state index contributed by atoms with van der Waals surface area (Å²) in [6.45, 7) is 4.37. The summed E-state index contributed by atoms with van der Waals surface area (Å²) in [4.78, 5) is 11.8. The van der Waals surface area contributed by atoms with Gasteiger partial charge in [0, 0.05) is 6.54 Å². The zero-order valence-electron chi connectivity index (χ0n) is 10.6. The average Bonchev–Trinajstić information content (AvgIpc) is 2.37. The van der Waals surface area contributed by atoms with E-state index in [4.69, 9.17) is 5.73 Å². The van der Waals surface area contributed by atoms with Crippen molar-refractivity contribution in [3.63, 3.8) is 0 Å². The van der Waals surface area contributed by atoms with Gasteiger partial charge in [0.2, 0.25) is 5.91 Å². The van der Waals surface area contributed by atoms with Gasteiger partial charge in [0.1, 0.15) is 5.75 Å². The summed E-state index contributed by atoms with van der Waals surface area (Å²) in [6, 6.07) is 4.63. The molecule has 1 rings (SSSR count). The van der Waals surface area contributed by atoms with Gasteiger partial charge in [0.15, 0.2) is 0 Å². The van der Waals surface area contributed by atoms with Gasteiger partial charge in [0.05, 0.1) is 10.5 Å². The van der Waals surface area contributed by atoms with Crippen molar-refractivity contribution >= 4 is 21.8 Å². The molecule has 0 aliphatic carbocycles. The summed E-state index contributed by atoms with van der Waals surface area (Å²) in [5.41, 5.74) is 6.73. The first-order valence-corrected chi connectivity index (χ1v) is 6.75. The minimum absolute atomic E-state index is 0.145. The van der Waals surface area contributed by atoms with Crippen LogP contribution < -0.4 is 11.1 Å². The van der Waals surface area contributed by atoms with Gasteiger partial charge in [-0.3, -0.25) is 4.79 Å². The van der Waals surface area contributed by atoms with Crippen LogP contribution in [0.3, 0.4) is 0 Å². The molecule has 0 bridgehead atoms. The number of amides is 1. The van der Waals surface area contributed by atoms with E-state index in [1.807, 2.05) is 13.8 Å². The van der Waals surface area contributed by atoms with Crippen LogP contribution in [0.5, 0.6) is 5.75 Å². The summed E-state index contributed by atoms with van der Waals surface area (Å²) in [7, 11) is 0. The molecule has 0 aliphatic heterocycles. The number of phenols is 1. The van der Waals surface area contributed by atoms with E-state index in [2.05, 4.69) is 21.2 Å². The second-order valence-electron chi connectivity index (χ2n) is 4.41. The number of aromatic hydroxyl groups is 1. The summed E-state index contributed by atoms with van der Waals surface area (Å²) in [5, 5.41) is 12.2. The Morgan fingerprint density at radius 2 is 2.22 bits per heavy atom. The zero-order valence-corrected chi connectivity index (χ0v) is 12.2. The highest BCUT2D eigenvalue weighted by molar-refractivity contribution is 9.10. The molecule has 0 saturated carbocycles. The van der Waals surface area contributed by atoms with Gasteiger partial charge < -0.3 is 16.2 Å². The first kappa shape index (κ1) is 15.0. The fourth-order valence-electron chi connectivity index (χ4n) is 1.48. The maximum atomic E-state index is 11.8. The second-order valence-corrected chi connectivity index (χ2v) is 5.27. The molecule has 0 fully saturated rings. The van der Waals surface area contributed by atoms with Crippen molar-refractivity contribution in [3.8, 4) is 5.75 Å². The van der Waals surface area contributed by atoms with Crippen molar-refractivity contribution in [2.45, 2.75) is 32.9 Å². The molecule has 0 aromatic heterocycles. The van der Waals surface area contributed by atoms with Crippen LogP contribution >= 0.6 is 15.9 Å². The fourth-order valence-corrected chi connectivity index (χ4v) is 1.91. The summed E-state index contributed by atoms with van der Waals surface area (Å²) < 4.78 is 0.612. The standard InChI is InChI=1S/C13H19BrN2O2/c1-3-8(2)12(15)13(18)16-7-9-4-5-11(17)10(14)6-9/h4-6,8,12,17H,3,7,15H2,1-2H3,(H,16,18). The third kappa shape index (κ3) is 3.99. The molecule has 1 amide bonds. The Labute approximate surface area is 116 Å². The topological polar surface area (TPSA) is 75.4 Å². The second kappa shape index (κ2) is 6.75. The molecule has 5 heteroatoms. The number of halogens is 1. The van der Waals surface area contributed by atoms with Crippen LogP contribution in [0, 0.1) is 5.92 Å². The Hall–Kier alpha value is -1.07. The fraction of sp³-hybridized carbons (Fsp3) is 0.462. The highest BCUT2D eigenvalue weighted by atomic mass is 79.9. The molecule has 1 aromatic rings. The van der Waals surface area contributed by atoms with Crippen molar-refractivity contribution in [3.05, 3.63) is 28.2 Å². The maximum absolute atomic E-state index is 11.8. The van der Waals surface area contributed by atoms with E-state index in [0.29, 0.717) is 11.0 Å². The van der Waals surface area contributed by atoms with E-state index in [1.54, 1.807) is 18.2 Å². The number of phenolic OH excluding ortho intramolecular Hbond substituents is 1. The van der Waals surface area contributed by atoms with Crippen LogP contribution in [0.1, 0.15) is 25.8 Å². The molecular formula is C13H19BrN2O2. The van der Waals surface area contributed by atoms with Crippen molar-refractivity contribution < 1.29 is 9.90 Å². The molecule has 0 spiro atoms. The first-order chi connectivity index (χ1) is 8.45. The molecule has 4 nitrogen and oxygen atoms in total. The van der Waals surface area contributed by atoms with Crippen molar-refractivity contribution in [1.82, 2.24) is 5.32 Å². The van der Waals surface area contributed by atoms with Crippen LogP contribution in [0.2, 0.25) is 0 Å². The predicted molar refractivity (Wildman–Crippen MR) is 75.1 cm³/mol. The Morgan fingerprint density at radius 1 is 1.56 bits per heavy atom. The Kier molecular flexibility index (Phi) is 5.62. The van der Waals surface area contributed by atoms with E-state index in [-0.39, 0.29) is 17.6 Å². The lowest BCUT2D eigenvalue weighted by Crippen LogP contribution is -2.44. The number of carbonyl (C=O) groups excluding carboxylic acids is 1. The van der Waals surface area contributed by atoms with Gasteiger partial charge in [-0.05, 0) is 39.5 Å². The van der Waals surface area contributed by atoms with Gasteiger partial charge in [-0.25, -0.2) is 0 Å². The number of rotatable bonds is 5. The predicted octanol–water partition coefficient (Wildman–Crippen LogP) is 2.14. The Morgan fingerprint density at radius 3 is 2.78 bits per heavy atom. The van der Waals surface area contributed by atoms with Crippen LogP contribution in [0.15, 0.2) is 22.7 Å². The number of carbonyl (C=O) groups is 1. The molecule has 4 N–H and O–H groups in total. The lowest BCUT2D eigenvalue weighted by molar-refractivity contribution is -0.123. The average molecular weight is 315 g/mol. The summed E-state index contributed by atoms with van der Waals surface area (Å²) >= 11 is 3.23. The van der Waals surface area contributed by atoms with Crippen LogP contribution in [-0.4, -0.2) is 17.1 Å². The minimum atomic E-state index is -0.476. The van der Waals surface area contributed by atoms with E-state index >= 15 is 0 Å². The van der Waals surface area contributed by atoms with Crippen LogP contribution in [0.25, 0.3) is 0 Å². The number of benzene rings is 1. The summed E-state index contributed by atoms with van der Waals surface area (Å²) in [5.74, 6) is 0.200. The lowest BCUT2D eigenvalue weighted by Gasteiger charge is -2.17. The van der Waals surface area contributed by atoms with Crippen LogP contribution in [0.4, 0.5) is 0 Å². The number of nitrogens with one attached hydrogen (secondary N) is 1. The summed E-state index contributed by atoms with van der Waals surface area (Å²) in [6.07, 6.45) is 0.874. The quantitative estimate of drug-likeness (QED) is 0.779. The molecule has 2 unspecified atom stereocenters. The molecule has 0 aliphatic rings. The molecule has 0 saturated heterocycles. The minimum Gasteiger partial charge on any atom is -0.507 e. The van der Waals surface area contributed by atoms with E-state index in [9.17, 15) is 9.90 Å². The van der Waals surface area contributed by atoms with Crippen LogP contribution in [-0.2, 0) is 11.3 Å². The third-order valence-electron chi connectivity index (χ3n) is 3.04. The van der Waals surface area contributed by atoms with Gasteiger partial charge in [-0.2, -0.15) is 0 Å². The normalized spacial score (nSPS) is 14.0. The lowest BCUT2D eigenvalue weighted by atomic mass is 9.99. The van der Waals surface area contributed by atoms with Gasteiger partial charge in [-0.1, -0.05) is 26.3 Å².